The molecule has 0 aromatic carbocycles. The first-order valence-corrected chi connectivity index (χ1v) is 5.00. The van der Waals surface area contributed by atoms with Crippen molar-refractivity contribution < 1.29 is 9.52 Å². The molecule has 0 bridgehead atoms. The fraction of sp³-hybridized carbons (Fsp3) is 0.636. The lowest BCUT2D eigenvalue weighted by molar-refractivity contribution is 0.111. The maximum absolute atomic E-state index is 9.97. The van der Waals surface area contributed by atoms with Crippen LogP contribution in [0.3, 0.4) is 0 Å². The fourth-order valence-electron chi connectivity index (χ4n) is 2.16. The molecule has 1 aromatic rings. The van der Waals surface area contributed by atoms with Gasteiger partial charge in [-0.2, -0.15) is 0 Å². The first-order valence-electron chi connectivity index (χ1n) is 5.00. The molecule has 1 aliphatic rings. The van der Waals surface area contributed by atoms with Crippen molar-refractivity contribution in [3.63, 3.8) is 0 Å². The van der Waals surface area contributed by atoms with Crippen LogP contribution in [0.5, 0.6) is 0 Å². The SMILES string of the molecule is Cc1cc(C(O)C2CCCC2)co1. The molecule has 2 nitrogen and oxygen atoms in total. The minimum absolute atomic E-state index is 0.306. The Kier molecular flexibility index (Phi) is 2.40. The molecule has 0 radical (unpaired) electrons. The van der Waals surface area contributed by atoms with E-state index in [1.54, 1.807) is 6.26 Å². The molecule has 72 valence electrons. The predicted molar refractivity (Wildman–Crippen MR) is 50.4 cm³/mol. The summed E-state index contributed by atoms with van der Waals surface area (Å²) in [5.41, 5.74) is 0.949. The van der Waals surface area contributed by atoms with Gasteiger partial charge in [-0.05, 0) is 31.7 Å². The monoisotopic (exact) mass is 180 g/mol. The maximum atomic E-state index is 9.97. The molecule has 1 saturated carbocycles. The van der Waals surface area contributed by atoms with Gasteiger partial charge in [-0.25, -0.2) is 0 Å². The van der Waals surface area contributed by atoms with E-state index in [-0.39, 0.29) is 6.10 Å². The third-order valence-corrected chi connectivity index (χ3v) is 2.94. The van der Waals surface area contributed by atoms with Crippen molar-refractivity contribution in [3.8, 4) is 0 Å². The largest absolute Gasteiger partial charge is 0.469 e. The lowest BCUT2D eigenvalue weighted by Crippen LogP contribution is -2.07. The average molecular weight is 180 g/mol. The number of hydrogen-bond donors (Lipinski definition) is 1. The van der Waals surface area contributed by atoms with Crippen molar-refractivity contribution in [2.24, 2.45) is 5.92 Å². The highest BCUT2D eigenvalue weighted by Gasteiger charge is 2.25. The Bertz CT molecular complexity index is 271. The molecular formula is C11H16O2. The van der Waals surface area contributed by atoms with E-state index in [0.29, 0.717) is 5.92 Å². The molecule has 1 unspecified atom stereocenters. The molecule has 1 N–H and O–H groups in total. The molecule has 1 aromatic heterocycles. The molecule has 0 aliphatic heterocycles. The van der Waals surface area contributed by atoms with Gasteiger partial charge in [0.15, 0.2) is 0 Å². The molecular weight excluding hydrogens is 164 g/mol. The Morgan fingerprint density at radius 2 is 2.15 bits per heavy atom. The Labute approximate surface area is 78.6 Å². The van der Waals surface area contributed by atoms with E-state index in [0.717, 1.165) is 24.2 Å². The number of furan rings is 1. The lowest BCUT2D eigenvalue weighted by atomic mass is 9.96. The van der Waals surface area contributed by atoms with Crippen LogP contribution >= 0.6 is 0 Å². The van der Waals surface area contributed by atoms with Crippen LogP contribution in [-0.4, -0.2) is 5.11 Å². The van der Waals surface area contributed by atoms with Crippen LogP contribution in [0, 0.1) is 12.8 Å². The van der Waals surface area contributed by atoms with E-state index in [1.807, 2.05) is 13.0 Å². The molecule has 2 heteroatoms. The molecule has 1 heterocycles. The predicted octanol–water partition coefficient (Wildman–Crippen LogP) is 2.81. The maximum Gasteiger partial charge on any atom is 0.101 e. The fourth-order valence-corrected chi connectivity index (χ4v) is 2.16. The molecule has 1 atom stereocenters. The van der Waals surface area contributed by atoms with Crippen LogP contribution in [0.1, 0.15) is 43.1 Å². The first kappa shape index (κ1) is 8.82. The van der Waals surface area contributed by atoms with Gasteiger partial charge in [0.25, 0.3) is 0 Å². The van der Waals surface area contributed by atoms with Crippen LogP contribution < -0.4 is 0 Å². The van der Waals surface area contributed by atoms with Gasteiger partial charge in [0, 0.05) is 5.56 Å². The first-order chi connectivity index (χ1) is 6.27. The van der Waals surface area contributed by atoms with Crippen LogP contribution in [0.25, 0.3) is 0 Å². The van der Waals surface area contributed by atoms with E-state index in [2.05, 4.69) is 0 Å². The van der Waals surface area contributed by atoms with Gasteiger partial charge in [-0.15, -0.1) is 0 Å². The van der Waals surface area contributed by atoms with Gasteiger partial charge >= 0.3 is 0 Å². The minimum atomic E-state index is -0.306. The molecule has 0 amide bonds. The normalized spacial score (nSPS) is 20.8. The van der Waals surface area contributed by atoms with Gasteiger partial charge in [0.1, 0.15) is 5.76 Å². The van der Waals surface area contributed by atoms with Crippen LogP contribution in [0.4, 0.5) is 0 Å². The zero-order valence-electron chi connectivity index (χ0n) is 7.99. The minimum Gasteiger partial charge on any atom is -0.469 e. The van der Waals surface area contributed by atoms with Crippen molar-refractivity contribution >= 4 is 0 Å². The van der Waals surface area contributed by atoms with Crippen molar-refractivity contribution in [3.05, 3.63) is 23.7 Å². The standard InChI is InChI=1S/C11H16O2/c1-8-6-10(7-13-8)11(12)9-4-2-3-5-9/h6-7,9,11-12H,2-5H2,1H3. The summed E-state index contributed by atoms with van der Waals surface area (Å²) in [6.45, 7) is 1.91. The lowest BCUT2D eigenvalue weighted by Gasteiger charge is -2.15. The van der Waals surface area contributed by atoms with Crippen LogP contribution in [0.2, 0.25) is 0 Å². The zero-order valence-corrected chi connectivity index (χ0v) is 7.99. The third-order valence-electron chi connectivity index (χ3n) is 2.94. The molecule has 1 fully saturated rings. The summed E-state index contributed by atoms with van der Waals surface area (Å²) in [5.74, 6) is 1.34. The Morgan fingerprint density at radius 3 is 2.69 bits per heavy atom. The molecule has 0 spiro atoms. The molecule has 2 rings (SSSR count). The van der Waals surface area contributed by atoms with Crippen molar-refractivity contribution in [2.45, 2.75) is 38.7 Å². The number of rotatable bonds is 2. The average Bonchev–Trinajstić information content (AvgIpc) is 2.72. The highest BCUT2D eigenvalue weighted by molar-refractivity contribution is 5.15. The zero-order chi connectivity index (χ0) is 9.26. The highest BCUT2D eigenvalue weighted by atomic mass is 16.3. The second-order valence-corrected chi connectivity index (χ2v) is 3.98. The highest BCUT2D eigenvalue weighted by Crippen LogP contribution is 2.35. The van der Waals surface area contributed by atoms with Gasteiger partial charge < -0.3 is 9.52 Å². The molecule has 0 saturated heterocycles. The molecule has 13 heavy (non-hydrogen) atoms. The van der Waals surface area contributed by atoms with Gasteiger partial charge in [0.05, 0.1) is 12.4 Å². The van der Waals surface area contributed by atoms with E-state index >= 15 is 0 Å². The topological polar surface area (TPSA) is 33.4 Å². The summed E-state index contributed by atoms with van der Waals surface area (Å²) in [5, 5.41) is 9.97. The quantitative estimate of drug-likeness (QED) is 0.759. The van der Waals surface area contributed by atoms with Crippen molar-refractivity contribution in [1.82, 2.24) is 0 Å². The van der Waals surface area contributed by atoms with E-state index in [4.69, 9.17) is 4.42 Å². The number of hydrogen-bond acceptors (Lipinski definition) is 2. The summed E-state index contributed by atoms with van der Waals surface area (Å²) in [6, 6.07) is 1.93. The van der Waals surface area contributed by atoms with Crippen molar-refractivity contribution in [1.29, 1.82) is 0 Å². The smallest absolute Gasteiger partial charge is 0.101 e. The summed E-state index contributed by atoms with van der Waals surface area (Å²) < 4.78 is 5.19. The summed E-state index contributed by atoms with van der Waals surface area (Å²) in [7, 11) is 0. The molecule has 1 aliphatic carbocycles. The van der Waals surface area contributed by atoms with E-state index in [9.17, 15) is 5.11 Å². The number of aryl methyl sites for hydroxylation is 1. The van der Waals surface area contributed by atoms with Gasteiger partial charge in [-0.1, -0.05) is 12.8 Å². The number of aliphatic hydroxyl groups is 1. The Morgan fingerprint density at radius 1 is 1.46 bits per heavy atom. The van der Waals surface area contributed by atoms with Gasteiger partial charge in [-0.3, -0.25) is 0 Å². The van der Waals surface area contributed by atoms with Crippen LogP contribution in [-0.2, 0) is 0 Å². The van der Waals surface area contributed by atoms with E-state index < -0.39 is 0 Å². The summed E-state index contributed by atoms with van der Waals surface area (Å²) >= 11 is 0. The number of aliphatic hydroxyl groups excluding tert-OH is 1. The third kappa shape index (κ3) is 1.78. The Hall–Kier alpha value is -0.760. The Balaban J connectivity index is 2.07. The van der Waals surface area contributed by atoms with E-state index in [1.165, 1.54) is 12.8 Å². The van der Waals surface area contributed by atoms with Crippen LogP contribution in [0.15, 0.2) is 16.7 Å². The summed E-state index contributed by atoms with van der Waals surface area (Å²) in [4.78, 5) is 0. The van der Waals surface area contributed by atoms with Gasteiger partial charge in [0.2, 0.25) is 0 Å². The second-order valence-electron chi connectivity index (χ2n) is 3.98. The van der Waals surface area contributed by atoms with Crippen molar-refractivity contribution in [2.75, 3.05) is 0 Å². The second kappa shape index (κ2) is 3.54. The summed E-state index contributed by atoms with van der Waals surface area (Å²) in [6.07, 6.45) is 6.21.